The van der Waals surface area contributed by atoms with Crippen LogP contribution in [0.5, 0.6) is 0 Å². The quantitative estimate of drug-likeness (QED) is 0.744. The number of ether oxygens (including phenoxy) is 1. The molecule has 18 heavy (non-hydrogen) atoms. The molecule has 0 atom stereocenters. The molecule has 0 unspecified atom stereocenters. The summed E-state index contributed by atoms with van der Waals surface area (Å²) in [7, 11) is 0. The molecule has 5 nitrogen and oxygen atoms in total. The van der Waals surface area contributed by atoms with Gasteiger partial charge in [0.15, 0.2) is 0 Å². The van der Waals surface area contributed by atoms with Gasteiger partial charge < -0.3 is 14.7 Å². The highest BCUT2D eigenvalue weighted by Gasteiger charge is 2.17. The Morgan fingerprint density at radius 2 is 2.22 bits per heavy atom. The number of esters is 1. The monoisotopic (exact) mass is 252 g/mol. The average molecular weight is 252 g/mol. The lowest BCUT2D eigenvalue weighted by Gasteiger charge is -2.23. The van der Waals surface area contributed by atoms with E-state index in [1.807, 2.05) is 11.8 Å². The van der Waals surface area contributed by atoms with Crippen molar-refractivity contribution in [3.05, 3.63) is 23.9 Å². The van der Waals surface area contributed by atoms with Crippen molar-refractivity contribution in [2.45, 2.75) is 20.3 Å². The first kappa shape index (κ1) is 14.4. The Hall–Kier alpha value is -1.62. The molecule has 0 radical (unpaired) electrons. The molecule has 0 aliphatic carbocycles. The van der Waals surface area contributed by atoms with Gasteiger partial charge in [0.25, 0.3) is 0 Å². The van der Waals surface area contributed by atoms with Gasteiger partial charge in [-0.25, -0.2) is 9.78 Å². The van der Waals surface area contributed by atoms with Crippen molar-refractivity contribution < 1.29 is 14.6 Å². The van der Waals surface area contributed by atoms with E-state index in [0.29, 0.717) is 24.5 Å². The summed E-state index contributed by atoms with van der Waals surface area (Å²) < 4.78 is 5.01. The Bertz CT molecular complexity index is 376. The van der Waals surface area contributed by atoms with E-state index in [1.165, 1.54) is 0 Å². The lowest BCUT2D eigenvalue weighted by Crippen LogP contribution is -2.30. The minimum Gasteiger partial charge on any atom is -0.462 e. The molecule has 1 heterocycles. The smallest absolute Gasteiger partial charge is 0.341 e. The van der Waals surface area contributed by atoms with E-state index >= 15 is 0 Å². The lowest BCUT2D eigenvalue weighted by molar-refractivity contribution is 0.0526. The molecule has 1 aromatic rings. The summed E-state index contributed by atoms with van der Waals surface area (Å²) in [5.74, 6) is 0.200. The van der Waals surface area contributed by atoms with Crippen LogP contribution in [0.15, 0.2) is 18.3 Å². The van der Waals surface area contributed by atoms with Crippen LogP contribution in [0, 0.1) is 0 Å². The van der Waals surface area contributed by atoms with Crippen molar-refractivity contribution in [3.8, 4) is 0 Å². The van der Waals surface area contributed by atoms with Crippen LogP contribution in [0.2, 0.25) is 0 Å². The number of aliphatic hydroxyl groups excluding tert-OH is 1. The second-order valence-corrected chi connectivity index (χ2v) is 3.81. The fraction of sp³-hybridized carbons (Fsp3) is 0.538. The number of pyridine rings is 1. The van der Waals surface area contributed by atoms with Crippen LogP contribution < -0.4 is 4.90 Å². The highest BCUT2D eigenvalue weighted by molar-refractivity contribution is 5.94. The maximum atomic E-state index is 11.8. The van der Waals surface area contributed by atoms with Crippen molar-refractivity contribution in [2.24, 2.45) is 0 Å². The maximum Gasteiger partial charge on any atom is 0.341 e. The van der Waals surface area contributed by atoms with Gasteiger partial charge in [-0.05, 0) is 25.5 Å². The molecular weight excluding hydrogens is 232 g/mol. The Morgan fingerprint density at radius 3 is 2.83 bits per heavy atom. The summed E-state index contributed by atoms with van der Waals surface area (Å²) >= 11 is 0. The number of rotatable bonds is 7. The third-order valence-electron chi connectivity index (χ3n) is 2.45. The fourth-order valence-electron chi connectivity index (χ4n) is 1.73. The van der Waals surface area contributed by atoms with Crippen molar-refractivity contribution in [1.29, 1.82) is 0 Å². The van der Waals surface area contributed by atoms with Crippen LogP contribution in [0.25, 0.3) is 0 Å². The Morgan fingerprint density at radius 1 is 1.44 bits per heavy atom. The first-order chi connectivity index (χ1) is 8.74. The SMILES string of the molecule is CCCN(CCO)c1ncccc1C(=O)OCC. The Kier molecular flexibility index (Phi) is 6.14. The van der Waals surface area contributed by atoms with Gasteiger partial charge in [0.05, 0.1) is 13.2 Å². The molecule has 1 rings (SSSR count). The molecule has 5 heteroatoms. The third-order valence-corrected chi connectivity index (χ3v) is 2.45. The molecule has 0 spiro atoms. The number of carbonyl (C=O) groups is 1. The van der Waals surface area contributed by atoms with E-state index in [1.54, 1.807) is 25.3 Å². The lowest BCUT2D eigenvalue weighted by atomic mass is 10.2. The number of aromatic nitrogens is 1. The number of hydrogen-bond acceptors (Lipinski definition) is 5. The minimum atomic E-state index is -0.375. The molecule has 0 aliphatic heterocycles. The van der Waals surface area contributed by atoms with Gasteiger partial charge in [0, 0.05) is 19.3 Å². The minimum absolute atomic E-state index is 0.0266. The zero-order valence-corrected chi connectivity index (χ0v) is 10.9. The first-order valence-electron chi connectivity index (χ1n) is 6.22. The number of carbonyl (C=O) groups excluding carboxylic acids is 1. The predicted octanol–water partition coefficient (Wildman–Crippen LogP) is 1.47. The number of nitrogens with zero attached hydrogens (tertiary/aromatic N) is 2. The molecule has 0 bridgehead atoms. The van der Waals surface area contributed by atoms with Crippen molar-refractivity contribution >= 4 is 11.8 Å². The number of anilines is 1. The van der Waals surface area contributed by atoms with Gasteiger partial charge in [-0.2, -0.15) is 0 Å². The summed E-state index contributed by atoms with van der Waals surface area (Å²) in [6.45, 7) is 5.36. The van der Waals surface area contributed by atoms with E-state index in [2.05, 4.69) is 4.98 Å². The molecule has 0 amide bonds. The van der Waals surface area contributed by atoms with Gasteiger partial charge in [0.2, 0.25) is 0 Å². The number of hydrogen-bond donors (Lipinski definition) is 1. The van der Waals surface area contributed by atoms with Crippen molar-refractivity contribution in [2.75, 3.05) is 31.2 Å². The van der Waals surface area contributed by atoms with Crippen LogP contribution in [0.1, 0.15) is 30.6 Å². The second kappa shape index (κ2) is 7.66. The third kappa shape index (κ3) is 3.70. The van der Waals surface area contributed by atoms with E-state index in [0.717, 1.165) is 13.0 Å². The van der Waals surface area contributed by atoms with Gasteiger partial charge in [-0.15, -0.1) is 0 Å². The molecule has 0 fully saturated rings. The van der Waals surface area contributed by atoms with Crippen molar-refractivity contribution in [1.82, 2.24) is 4.98 Å². The Labute approximate surface area is 107 Å². The molecular formula is C13H20N2O3. The fourth-order valence-corrected chi connectivity index (χ4v) is 1.73. The highest BCUT2D eigenvalue weighted by Crippen LogP contribution is 2.18. The summed E-state index contributed by atoms with van der Waals surface area (Å²) in [5, 5.41) is 9.07. The second-order valence-electron chi connectivity index (χ2n) is 3.81. The standard InChI is InChI=1S/C13H20N2O3/c1-3-8-15(9-10-16)12-11(6-5-7-14-12)13(17)18-4-2/h5-7,16H,3-4,8-10H2,1-2H3. The van der Waals surface area contributed by atoms with E-state index in [-0.39, 0.29) is 12.6 Å². The van der Waals surface area contributed by atoms with Gasteiger partial charge in [-0.1, -0.05) is 6.92 Å². The van der Waals surface area contributed by atoms with Gasteiger partial charge in [-0.3, -0.25) is 0 Å². The van der Waals surface area contributed by atoms with Crippen molar-refractivity contribution in [3.63, 3.8) is 0 Å². The molecule has 1 N–H and O–H groups in total. The molecule has 0 aliphatic rings. The van der Waals surface area contributed by atoms with E-state index in [9.17, 15) is 4.79 Å². The zero-order valence-electron chi connectivity index (χ0n) is 10.9. The van der Waals surface area contributed by atoms with Crippen LogP contribution in [-0.4, -0.2) is 42.4 Å². The van der Waals surface area contributed by atoms with Crippen LogP contribution in [0.4, 0.5) is 5.82 Å². The van der Waals surface area contributed by atoms with Gasteiger partial charge in [0.1, 0.15) is 11.4 Å². The van der Waals surface area contributed by atoms with E-state index < -0.39 is 0 Å². The molecule has 0 aromatic carbocycles. The van der Waals surface area contributed by atoms with Crippen LogP contribution in [-0.2, 0) is 4.74 Å². The summed E-state index contributed by atoms with van der Waals surface area (Å²) in [5.41, 5.74) is 0.446. The molecule has 0 saturated carbocycles. The molecule has 0 saturated heterocycles. The maximum absolute atomic E-state index is 11.8. The largest absolute Gasteiger partial charge is 0.462 e. The predicted molar refractivity (Wildman–Crippen MR) is 69.8 cm³/mol. The van der Waals surface area contributed by atoms with Crippen LogP contribution in [0.3, 0.4) is 0 Å². The normalized spacial score (nSPS) is 10.2. The Balaban J connectivity index is 3.01. The zero-order chi connectivity index (χ0) is 13.4. The summed E-state index contributed by atoms with van der Waals surface area (Å²) in [6, 6.07) is 3.40. The molecule has 100 valence electrons. The topological polar surface area (TPSA) is 62.7 Å². The summed E-state index contributed by atoms with van der Waals surface area (Å²) in [4.78, 5) is 18.0. The average Bonchev–Trinajstić information content (AvgIpc) is 2.39. The highest BCUT2D eigenvalue weighted by atomic mass is 16.5. The van der Waals surface area contributed by atoms with Gasteiger partial charge >= 0.3 is 5.97 Å². The summed E-state index contributed by atoms with van der Waals surface area (Å²) in [6.07, 6.45) is 2.55. The van der Waals surface area contributed by atoms with Crippen LogP contribution >= 0.6 is 0 Å². The number of aliphatic hydroxyl groups is 1. The van der Waals surface area contributed by atoms with E-state index in [4.69, 9.17) is 9.84 Å². The first-order valence-corrected chi connectivity index (χ1v) is 6.22. The molecule has 1 aromatic heterocycles.